The molecule has 0 radical (unpaired) electrons. The zero-order valence-electron chi connectivity index (χ0n) is 12.7. The number of hydrazine groups is 1. The second kappa shape index (κ2) is 6.35. The van der Waals surface area contributed by atoms with Crippen molar-refractivity contribution in [1.29, 1.82) is 0 Å². The number of hydrogen-bond donors (Lipinski definition) is 2. The number of nitrogens with two attached hydrogens (primary N) is 1. The lowest BCUT2D eigenvalue weighted by Crippen LogP contribution is -2.53. The van der Waals surface area contributed by atoms with E-state index in [-0.39, 0.29) is 11.6 Å². The van der Waals surface area contributed by atoms with E-state index in [1.807, 2.05) is 10.9 Å². The summed E-state index contributed by atoms with van der Waals surface area (Å²) in [7, 11) is 4.16. The van der Waals surface area contributed by atoms with Crippen LogP contribution in [0.15, 0.2) is 10.7 Å². The number of aromatic nitrogens is 2. The predicted octanol–water partition coefficient (Wildman–Crippen LogP) is 2.46. The summed E-state index contributed by atoms with van der Waals surface area (Å²) < 4.78 is 3.01. The van der Waals surface area contributed by atoms with Gasteiger partial charge in [0.25, 0.3) is 0 Å². The van der Waals surface area contributed by atoms with Crippen LogP contribution in [-0.2, 0) is 0 Å². The lowest BCUT2D eigenvalue weighted by molar-refractivity contribution is 0.107. The topological polar surface area (TPSA) is 59.1 Å². The monoisotopic (exact) mass is 331 g/mol. The zero-order chi connectivity index (χ0) is 14.8. The van der Waals surface area contributed by atoms with E-state index in [2.05, 4.69) is 73.1 Å². The molecule has 0 aliphatic heterocycles. The molecule has 2 atom stereocenters. The molecular weight excluding hydrogens is 306 g/mol. The SMILES string of the molecule is CCC(C)(C(NN)c1c(Br)cnn1C(C)C)N(C)C. The third kappa shape index (κ3) is 3.02. The average Bonchev–Trinajstić information content (AvgIpc) is 2.72. The minimum atomic E-state index is -0.0933. The molecule has 19 heavy (non-hydrogen) atoms. The molecule has 0 aromatic carbocycles. The Kier molecular flexibility index (Phi) is 5.55. The highest BCUT2D eigenvalue weighted by molar-refractivity contribution is 9.10. The van der Waals surface area contributed by atoms with Gasteiger partial charge in [-0.25, -0.2) is 5.43 Å². The van der Waals surface area contributed by atoms with Crippen LogP contribution in [0, 0.1) is 0 Å². The Morgan fingerprint density at radius 2 is 2.11 bits per heavy atom. The fraction of sp³-hybridized carbons (Fsp3) is 0.769. The van der Waals surface area contributed by atoms with E-state index >= 15 is 0 Å². The Labute approximate surface area is 124 Å². The molecule has 3 N–H and O–H groups in total. The van der Waals surface area contributed by atoms with Crippen LogP contribution in [0.5, 0.6) is 0 Å². The van der Waals surface area contributed by atoms with Gasteiger partial charge in [-0.05, 0) is 57.2 Å². The van der Waals surface area contributed by atoms with Gasteiger partial charge < -0.3 is 4.90 Å². The van der Waals surface area contributed by atoms with Crippen LogP contribution in [0.2, 0.25) is 0 Å². The highest BCUT2D eigenvalue weighted by atomic mass is 79.9. The summed E-state index contributed by atoms with van der Waals surface area (Å²) in [5.74, 6) is 5.86. The first-order valence-electron chi connectivity index (χ1n) is 6.66. The maximum absolute atomic E-state index is 5.86. The molecular formula is C13H26BrN5. The maximum atomic E-state index is 5.86. The Bertz CT molecular complexity index is 415. The molecule has 0 fully saturated rings. The number of rotatable bonds is 6. The largest absolute Gasteiger partial charge is 0.302 e. The Balaban J connectivity index is 3.35. The lowest BCUT2D eigenvalue weighted by atomic mass is 9.86. The standard InChI is InChI=1S/C13H26BrN5/c1-7-13(4,18(5)6)12(17-15)11-10(14)8-16-19(11)9(2)3/h8-9,12,17H,7,15H2,1-6H3. The van der Waals surface area contributed by atoms with E-state index in [1.54, 1.807) is 0 Å². The number of hydrogen-bond acceptors (Lipinski definition) is 4. The van der Waals surface area contributed by atoms with Gasteiger partial charge in [0.15, 0.2) is 0 Å². The van der Waals surface area contributed by atoms with Crippen LogP contribution < -0.4 is 11.3 Å². The summed E-state index contributed by atoms with van der Waals surface area (Å²) >= 11 is 3.60. The van der Waals surface area contributed by atoms with Crippen LogP contribution in [-0.4, -0.2) is 34.3 Å². The lowest BCUT2D eigenvalue weighted by Gasteiger charge is -2.42. The summed E-state index contributed by atoms with van der Waals surface area (Å²) in [5.41, 5.74) is 3.98. The highest BCUT2D eigenvalue weighted by Crippen LogP contribution is 2.36. The van der Waals surface area contributed by atoms with Gasteiger partial charge in [0.2, 0.25) is 0 Å². The summed E-state index contributed by atoms with van der Waals surface area (Å²) in [6.45, 7) is 8.63. The molecule has 1 heterocycles. The molecule has 0 bridgehead atoms. The van der Waals surface area contributed by atoms with Crippen molar-refractivity contribution in [1.82, 2.24) is 20.1 Å². The van der Waals surface area contributed by atoms with Crippen molar-refractivity contribution in [3.05, 3.63) is 16.4 Å². The van der Waals surface area contributed by atoms with Crippen LogP contribution in [0.4, 0.5) is 0 Å². The zero-order valence-corrected chi connectivity index (χ0v) is 14.3. The predicted molar refractivity (Wildman–Crippen MR) is 82.8 cm³/mol. The molecule has 0 spiro atoms. The van der Waals surface area contributed by atoms with Crippen LogP contribution in [0.3, 0.4) is 0 Å². The van der Waals surface area contributed by atoms with Gasteiger partial charge in [0.05, 0.1) is 22.4 Å². The molecule has 0 aliphatic rings. The third-order valence-electron chi connectivity index (χ3n) is 4.08. The second-order valence-electron chi connectivity index (χ2n) is 5.62. The molecule has 110 valence electrons. The van der Waals surface area contributed by atoms with Crippen LogP contribution in [0.1, 0.15) is 51.9 Å². The maximum Gasteiger partial charge on any atom is 0.0820 e. The average molecular weight is 332 g/mol. The Morgan fingerprint density at radius 1 is 1.53 bits per heavy atom. The summed E-state index contributed by atoms with van der Waals surface area (Å²) in [5, 5.41) is 4.45. The summed E-state index contributed by atoms with van der Waals surface area (Å²) in [6, 6.07) is 0.284. The van der Waals surface area contributed by atoms with Crippen LogP contribution >= 0.6 is 15.9 Å². The van der Waals surface area contributed by atoms with Crippen molar-refractivity contribution in [3.8, 4) is 0 Å². The highest BCUT2D eigenvalue weighted by Gasteiger charge is 2.38. The van der Waals surface area contributed by atoms with Gasteiger partial charge >= 0.3 is 0 Å². The van der Waals surface area contributed by atoms with Crippen molar-refractivity contribution in [2.75, 3.05) is 14.1 Å². The molecule has 1 rings (SSSR count). The number of nitrogens with zero attached hydrogens (tertiary/aromatic N) is 3. The van der Waals surface area contributed by atoms with Crippen molar-refractivity contribution in [3.63, 3.8) is 0 Å². The fourth-order valence-electron chi connectivity index (χ4n) is 2.36. The van der Waals surface area contributed by atoms with Gasteiger partial charge in [-0.1, -0.05) is 6.92 Å². The molecule has 2 unspecified atom stereocenters. The third-order valence-corrected chi connectivity index (χ3v) is 4.69. The van der Waals surface area contributed by atoms with E-state index < -0.39 is 0 Å². The first kappa shape index (κ1) is 16.6. The molecule has 1 aromatic heterocycles. The molecule has 0 saturated carbocycles. The van der Waals surface area contributed by atoms with Crippen molar-refractivity contribution in [2.24, 2.45) is 5.84 Å². The molecule has 0 amide bonds. The van der Waals surface area contributed by atoms with Gasteiger partial charge in [-0.15, -0.1) is 0 Å². The minimum Gasteiger partial charge on any atom is -0.302 e. The smallest absolute Gasteiger partial charge is 0.0820 e. The molecule has 0 saturated heterocycles. The summed E-state index contributed by atoms with van der Waals surface area (Å²) in [6.07, 6.45) is 2.82. The first-order valence-corrected chi connectivity index (χ1v) is 7.45. The molecule has 5 nitrogen and oxygen atoms in total. The number of halogens is 1. The summed E-state index contributed by atoms with van der Waals surface area (Å²) in [4.78, 5) is 2.21. The molecule has 0 aliphatic carbocycles. The quantitative estimate of drug-likeness (QED) is 0.621. The second-order valence-corrected chi connectivity index (χ2v) is 6.48. The molecule has 6 heteroatoms. The van der Waals surface area contributed by atoms with Gasteiger partial charge in [-0.2, -0.15) is 5.10 Å². The normalized spacial score (nSPS) is 16.9. The number of nitrogens with one attached hydrogen (secondary N) is 1. The van der Waals surface area contributed by atoms with E-state index in [1.165, 1.54) is 0 Å². The van der Waals surface area contributed by atoms with E-state index in [4.69, 9.17) is 5.84 Å². The van der Waals surface area contributed by atoms with Crippen molar-refractivity contribution >= 4 is 15.9 Å². The van der Waals surface area contributed by atoms with Crippen LogP contribution in [0.25, 0.3) is 0 Å². The first-order chi connectivity index (χ1) is 8.79. The molecule has 1 aromatic rings. The fourth-order valence-corrected chi connectivity index (χ4v) is 2.87. The Morgan fingerprint density at radius 3 is 2.47 bits per heavy atom. The van der Waals surface area contributed by atoms with Crippen molar-refractivity contribution < 1.29 is 0 Å². The van der Waals surface area contributed by atoms with Gasteiger partial charge in [0, 0.05) is 11.6 Å². The number of likely N-dealkylation sites (N-methyl/N-ethyl adjacent to an activating group) is 1. The minimum absolute atomic E-state index is 0.00762. The van der Waals surface area contributed by atoms with Crippen molar-refractivity contribution in [2.45, 2.75) is 51.7 Å². The van der Waals surface area contributed by atoms with E-state index in [9.17, 15) is 0 Å². The van der Waals surface area contributed by atoms with Gasteiger partial charge in [-0.3, -0.25) is 10.5 Å². The van der Waals surface area contributed by atoms with Gasteiger partial charge in [0.1, 0.15) is 0 Å². The Hall–Kier alpha value is -0.430. The van der Waals surface area contributed by atoms with E-state index in [0.717, 1.165) is 16.6 Å². The van der Waals surface area contributed by atoms with E-state index in [0.29, 0.717) is 6.04 Å².